The maximum atomic E-state index is 3.63. The summed E-state index contributed by atoms with van der Waals surface area (Å²) in [5, 5.41) is 3.63. The lowest BCUT2D eigenvalue weighted by Crippen LogP contribution is -2.21. The minimum atomic E-state index is 0.455. The summed E-state index contributed by atoms with van der Waals surface area (Å²) in [6, 6.07) is 16.1. The van der Waals surface area contributed by atoms with Crippen LogP contribution in [0.5, 0.6) is 0 Å². The SMILES string of the molecule is CCCNC(CC)c1cccc(-c2ccc(C)c(C)c2)c1. The number of benzene rings is 2. The van der Waals surface area contributed by atoms with Gasteiger partial charge in [0.1, 0.15) is 0 Å². The summed E-state index contributed by atoms with van der Waals surface area (Å²) in [4.78, 5) is 0. The molecule has 0 bridgehead atoms. The van der Waals surface area contributed by atoms with Crippen LogP contribution < -0.4 is 5.32 Å². The smallest absolute Gasteiger partial charge is 0.0317 e. The summed E-state index contributed by atoms with van der Waals surface area (Å²) in [6.45, 7) is 9.88. The molecule has 0 aromatic heterocycles. The maximum Gasteiger partial charge on any atom is 0.0317 e. The molecule has 2 aromatic carbocycles. The Bertz CT molecular complexity index is 586. The van der Waals surface area contributed by atoms with Gasteiger partial charge in [-0.05, 0) is 67.1 Å². The standard InChI is InChI=1S/C20H27N/c1-5-12-21-20(6-2)19-9-7-8-17(14-19)18-11-10-15(3)16(4)13-18/h7-11,13-14,20-21H,5-6,12H2,1-4H3. The second-order valence-electron chi connectivity index (χ2n) is 5.84. The van der Waals surface area contributed by atoms with Gasteiger partial charge >= 0.3 is 0 Å². The van der Waals surface area contributed by atoms with E-state index in [1.54, 1.807) is 0 Å². The fourth-order valence-electron chi connectivity index (χ4n) is 2.67. The lowest BCUT2D eigenvalue weighted by molar-refractivity contribution is 0.518. The molecule has 2 aromatic rings. The molecule has 0 saturated heterocycles. The highest BCUT2D eigenvalue weighted by atomic mass is 14.9. The molecule has 0 spiro atoms. The molecular weight excluding hydrogens is 254 g/mol. The van der Waals surface area contributed by atoms with Crippen LogP contribution in [0, 0.1) is 13.8 Å². The van der Waals surface area contributed by atoms with Gasteiger partial charge in [-0.25, -0.2) is 0 Å². The van der Waals surface area contributed by atoms with Crippen LogP contribution in [0.15, 0.2) is 42.5 Å². The molecule has 0 fully saturated rings. The van der Waals surface area contributed by atoms with Gasteiger partial charge in [-0.2, -0.15) is 0 Å². The molecule has 1 N–H and O–H groups in total. The van der Waals surface area contributed by atoms with Crippen molar-refractivity contribution in [3.63, 3.8) is 0 Å². The highest BCUT2D eigenvalue weighted by Crippen LogP contribution is 2.26. The Balaban J connectivity index is 2.29. The molecule has 1 atom stereocenters. The minimum Gasteiger partial charge on any atom is -0.310 e. The van der Waals surface area contributed by atoms with Crippen molar-refractivity contribution in [2.45, 2.75) is 46.6 Å². The van der Waals surface area contributed by atoms with Gasteiger partial charge in [0.25, 0.3) is 0 Å². The first kappa shape index (κ1) is 15.8. The van der Waals surface area contributed by atoms with Crippen molar-refractivity contribution in [3.8, 4) is 11.1 Å². The third kappa shape index (κ3) is 3.95. The van der Waals surface area contributed by atoms with Crippen molar-refractivity contribution in [2.24, 2.45) is 0 Å². The zero-order valence-corrected chi connectivity index (χ0v) is 13.7. The van der Waals surface area contributed by atoms with E-state index in [1.807, 2.05) is 0 Å². The lowest BCUT2D eigenvalue weighted by atomic mass is 9.96. The van der Waals surface area contributed by atoms with E-state index >= 15 is 0 Å². The number of aryl methyl sites for hydroxylation is 2. The van der Waals surface area contributed by atoms with Gasteiger partial charge in [0.15, 0.2) is 0 Å². The van der Waals surface area contributed by atoms with Crippen molar-refractivity contribution < 1.29 is 0 Å². The van der Waals surface area contributed by atoms with Crippen LogP contribution in [0.2, 0.25) is 0 Å². The Morgan fingerprint density at radius 1 is 0.905 bits per heavy atom. The number of hydrogen-bond acceptors (Lipinski definition) is 1. The van der Waals surface area contributed by atoms with Crippen molar-refractivity contribution in [1.82, 2.24) is 5.32 Å². The van der Waals surface area contributed by atoms with Crippen LogP contribution in [-0.2, 0) is 0 Å². The van der Waals surface area contributed by atoms with E-state index in [0.29, 0.717) is 6.04 Å². The van der Waals surface area contributed by atoms with Crippen LogP contribution in [-0.4, -0.2) is 6.54 Å². The van der Waals surface area contributed by atoms with Gasteiger partial charge in [0, 0.05) is 6.04 Å². The average Bonchev–Trinajstić information content (AvgIpc) is 2.51. The molecule has 112 valence electrons. The molecule has 0 heterocycles. The Hall–Kier alpha value is -1.60. The molecule has 1 unspecified atom stereocenters. The van der Waals surface area contributed by atoms with Gasteiger partial charge in [-0.1, -0.05) is 50.2 Å². The summed E-state index contributed by atoms with van der Waals surface area (Å²) in [5.74, 6) is 0. The van der Waals surface area contributed by atoms with Crippen LogP contribution in [0.3, 0.4) is 0 Å². The van der Waals surface area contributed by atoms with Crippen LogP contribution in [0.1, 0.15) is 49.4 Å². The second-order valence-corrected chi connectivity index (χ2v) is 5.84. The summed E-state index contributed by atoms with van der Waals surface area (Å²) in [7, 11) is 0. The van der Waals surface area contributed by atoms with Crippen molar-refractivity contribution >= 4 is 0 Å². The first-order valence-electron chi connectivity index (χ1n) is 8.06. The van der Waals surface area contributed by atoms with E-state index in [9.17, 15) is 0 Å². The molecule has 0 radical (unpaired) electrons. The lowest BCUT2D eigenvalue weighted by Gasteiger charge is -2.18. The summed E-state index contributed by atoms with van der Waals surface area (Å²) >= 11 is 0. The van der Waals surface area contributed by atoms with E-state index in [0.717, 1.165) is 13.0 Å². The Labute approximate surface area is 129 Å². The van der Waals surface area contributed by atoms with Gasteiger partial charge in [0.05, 0.1) is 0 Å². The van der Waals surface area contributed by atoms with Crippen LogP contribution in [0.4, 0.5) is 0 Å². The van der Waals surface area contributed by atoms with Crippen LogP contribution in [0.25, 0.3) is 11.1 Å². The molecule has 1 nitrogen and oxygen atoms in total. The third-order valence-corrected chi connectivity index (χ3v) is 4.18. The van der Waals surface area contributed by atoms with E-state index in [4.69, 9.17) is 0 Å². The molecule has 0 amide bonds. The topological polar surface area (TPSA) is 12.0 Å². The van der Waals surface area contributed by atoms with Crippen molar-refractivity contribution in [2.75, 3.05) is 6.54 Å². The Kier molecular flexibility index (Phi) is 5.58. The molecule has 21 heavy (non-hydrogen) atoms. The summed E-state index contributed by atoms with van der Waals surface area (Å²) in [5.41, 5.74) is 6.72. The zero-order valence-electron chi connectivity index (χ0n) is 13.7. The molecular formula is C20H27N. The number of rotatable bonds is 6. The Morgan fingerprint density at radius 3 is 2.33 bits per heavy atom. The van der Waals surface area contributed by atoms with Crippen molar-refractivity contribution in [1.29, 1.82) is 0 Å². The Morgan fingerprint density at radius 2 is 1.67 bits per heavy atom. The zero-order chi connectivity index (χ0) is 15.2. The average molecular weight is 281 g/mol. The van der Waals surface area contributed by atoms with E-state index in [2.05, 4.69) is 75.5 Å². The predicted octanol–water partition coefficient (Wildman–Crippen LogP) is 5.42. The van der Waals surface area contributed by atoms with Crippen molar-refractivity contribution in [3.05, 3.63) is 59.2 Å². The maximum absolute atomic E-state index is 3.63. The summed E-state index contributed by atoms with van der Waals surface area (Å²) < 4.78 is 0. The molecule has 0 aliphatic heterocycles. The van der Waals surface area contributed by atoms with Gasteiger partial charge in [0.2, 0.25) is 0 Å². The number of nitrogens with one attached hydrogen (secondary N) is 1. The van der Waals surface area contributed by atoms with E-state index < -0.39 is 0 Å². The van der Waals surface area contributed by atoms with Crippen LogP contribution >= 0.6 is 0 Å². The minimum absolute atomic E-state index is 0.455. The van der Waals surface area contributed by atoms with Gasteiger partial charge in [-0.15, -0.1) is 0 Å². The van der Waals surface area contributed by atoms with Gasteiger partial charge in [-0.3, -0.25) is 0 Å². The highest BCUT2D eigenvalue weighted by Gasteiger charge is 2.09. The van der Waals surface area contributed by atoms with E-state index in [1.165, 1.54) is 34.2 Å². The van der Waals surface area contributed by atoms with E-state index in [-0.39, 0.29) is 0 Å². The highest BCUT2D eigenvalue weighted by molar-refractivity contribution is 5.65. The normalized spacial score (nSPS) is 12.4. The molecule has 1 heteroatoms. The fraction of sp³-hybridized carbons (Fsp3) is 0.400. The summed E-state index contributed by atoms with van der Waals surface area (Å²) in [6.07, 6.45) is 2.30. The quantitative estimate of drug-likeness (QED) is 0.745. The first-order valence-corrected chi connectivity index (χ1v) is 8.06. The molecule has 0 aliphatic rings. The second kappa shape index (κ2) is 7.42. The fourth-order valence-corrected chi connectivity index (χ4v) is 2.67. The largest absolute Gasteiger partial charge is 0.310 e. The molecule has 0 saturated carbocycles. The molecule has 0 aliphatic carbocycles. The molecule has 2 rings (SSSR count). The number of hydrogen-bond donors (Lipinski definition) is 1. The first-order chi connectivity index (χ1) is 10.2. The monoisotopic (exact) mass is 281 g/mol. The van der Waals surface area contributed by atoms with Gasteiger partial charge < -0.3 is 5.32 Å². The third-order valence-electron chi connectivity index (χ3n) is 4.18. The predicted molar refractivity (Wildman–Crippen MR) is 92.7 cm³/mol.